The Bertz CT molecular complexity index is 235. The Labute approximate surface area is 65.7 Å². The molecule has 3 nitrogen and oxygen atoms in total. The van der Waals surface area contributed by atoms with E-state index in [0.717, 1.165) is 0 Å². The average Bonchev–Trinajstić information content (AvgIpc) is 2.04. The van der Waals surface area contributed by atoms with Crippen molar-refractivity contribution in [2.45, 2.75) is 13.0 Å². The van der Waals surface area contributed by atoms with Gasteiger partial charge in [0.05, 0.1) is 13.2 Å². The maximum absolute atomic E-state index is 9.19. The highest BCUT2D eigenvalue weighted by atomic mass is 16.5. The molecule has 1 unspecified atom stereocenters. The first kappa shape index (κ1) is 8.01. The largest absolute Gasteiger partial charge is 0.495 e. The van der Waals surface area contributed by atoms with E-state index in [4.69, 9.17) is 4.74 Å². The van der Waals surface area contributed by atoms with E-state index < -0.39 is 6.10 Å². The van der Waals surface area contributed by atoms with E-state index in [1.807, 2.05) is 0 Å². The third kappa shape index (κ3) is 1.68. The number of ether oxygens (including phenoxy) is 1. The number of hydrogen-bond acceptors (Lipinski definition) is 3. The molecule has 3 heteroatoms. The van der Waals surface area contributed by atoms with Crippen LogP contribution in [-0.2, 0) is 0 Å². The fourth-order valence-corrected chi connectivity index (χ4v) is 0.889. The second-order valence-corrected chi connectivity index (χ2v) is 2.27. The highest BCUT2D eigenvalue weighted by molar-refractivity contribution is 5.27. The molecule has 0 fully saturated rings. The van der Waals surface area contributed by atoms with Crippen molar-refractivity contribution < 1.29 is 9.84 Å². The number of hydrogen-bond donors (Lipinski definition) is 1. The van der Waals surface area contributed by atoms with Gasteiger partial charge in [0.15, 0.2) is 0 Å². The molecule has 1 N–H and O–H groups in total. The number of aliphatic hydroxyl groups excluding tert-OH is 1. The van der Waals surface area contributed by atoms with Crippen LogP contribution in [0.1, 0.15) is 18.7 Å². The lowest BCUT2D eigenvalue weighted by atomic mass is 10.2. The van der Waals surface area contributed by atoms with Crippen LogP contribution in [0, 0.1) is 0 Å². The topological polar surface area (TPSA) is 42.4 Å². The van der Waals surface area contributed by atoms with Crippen LogP contribution in [0.4, 0.5) is 0 Å². The van der Waals surface area contributed by atoms with Gasteiger partial charge in [-0.2, -0.15) is 0 Å². The van der Waals surface area contributed by atoms with E-state index in [1.165, 1.54) is 0 Å². The van der Waals surface area contributed by atoms with E-state index in [0.29, 0.717) is 11.4 Å². The average molecular weight is 153 g/mol. The van der Waals surface area contributed by atoms with Gasteiger partial charge in [0.25, 0.3) is 0 Å². The Hall–Kier alpha value is -1.09. The van der Waals surface area contributed by atoms with Crippen molar-refractivity contribution >= 4 is 0 Å². The predicted molar refractivity (Wildman–Crippen MR) is 41.4 cm³/mol. The smallest absolute Gasteiger partial charge is 0.143 e. The molecule has 1 rings (SSSR count). The lowest BCUT2D eigenvalue weighted by Crippen LogP contribution is -1.98. The zero-order valence-electron chi connectivity index (χ0n) is 6.61. The molecule has 11 heavy (non-hydrogen) atoms. The summed E-state index contributed by atoms with van der Waals surface area (Å²) >= 11 is 0. The van der Waals surface area contributed by atoms with Crippen LogP contribution in [0.5, 0.6) is 5.75 Å². The molecule has 0 bridgehead atoms. The summed E-state index contributed by atoms with van der Waals surface area (Å²) in [4.78, 5) is 3.97. The highest BCUT2D eigenvalue weighted by Gasteiger charge is 2.07. The fraction of sp³-hybridized carbons (Fsp3) is 0.375. The van der Waals surface area contributed by atoms with E-state index >= 15 is 0 Å². The SMILES string of the molecule is COc1cccnc1C(C)O. The Kier molecular flexibility index (Phi) is 2.44. The van der Waals surface area contributed by atoms with Gasteiger partial charge in [-0.3, -0.25) is 4.98 Å². The lowest BCUT2D eigenvalue weighted by molar-refractivity contribution is 0.189. The van der Waals surface area contributed by atoms with Crippen LogP contribution < -0.4 is 4.74 Å². The molecule has 0 saturated heterocycles. The summed E-state index contributed by atoms with van der Waals surface area (Å²) in [6.07, 6.45) is 1.05. The minimum Gasteiger partial charge on any atom is -0.495 e. The van der Waals surface area contributed by atoms with Gasteiger partial charge in [0.1, 0.15) is 11.4 Å². The number of methoxy groups -OCH3 is 1. The second kappa shape index (κ2) is 3.34. The summed E-state index contributed by atoms with van der Waals surface area (Å²) in [5, 5.41) is 9.19. The third-order valence-electron chi connectivity index (χ3n) is 1.42. The summed E-state index contributed by atoms with van der Waals surface area (Å²) in [5.41, 5.74) is 0.579. The molecule has 60 valence electrons. The van der Waals surface area contributed by atoms with E-state index in [2.05, 4.69) is 4.98 Å². The van der Waals surface area contributed by atoms with Crippen LogP contribution in [-0.4, -0.2) is 17.2 Å². The van der Waals surface area contributed by atoms with Crippen LogP contribution in [0.2, 0.25) is 0 Å². The normalized spacial score (nSPS) is 12.6. The maximum Gasteiger partial charge on any atom is 0.143 e. The molecular formula is C8H11NO2. The summed E-state index contributed by atoms with van der Waals surface area (Å²) in [6.45, 7) is 1.66. The summed E-state index contributed by atoms with van der Waals surface area (Å²) in [7, 11) is 1.56. The van der Waals surface area contributed by atoms with E-state index in [1.54, 1.807) is 32.4 Å². The van der Waals surface area contributed by atoms with Gasteiger partial charge in [-0.25, -0.2) is 0 Å². The van der Waals surface area contributed by atoms with Crippen molar-refractivity contribution in [3.05, 3.63) is 24.0 Å². The summed E-state index contributed by atoms with van der Waals surface area (Å²) < 4.78 is 4.98. The van der Waals surface area contributed by atoms with Gasteiger partial charge in [0.2, 0.25) is 0 Å². The second-order valence-electron chi connectivity index (χ2n) is 2.27. The van der Waals surface area contributed by atoms with Gasteiger partial charge >= 0.3 is 0 Å². The van der Waals surface area contributed by atoms with E-state index in [9.17, 15) is 5.11 Å². The lowest BCUT2D eigenvalue weighted by Gasteiger charge is -2.07. The Balaban J connectivity index is 3.02. The molecule has 0 radical (unpaired) electrons. The molecule has 0 aliphatic rings. The van der Waals surface area contributed by atoms with Gasteiger partial charge in [-0.05, 0) is 19.1 Å². The number of aliphatic hydroxyl groups is 1. The zero-order chi connectivity index (χ0) is 8.27. The van der Waals surface area contributed by atoms with Crippen molar-refractivity contribution in [2.24, 2.45) is 0 Å². The molecule has 0 aliphatic heterocycles. The number of pyridine rings is 1. The van der Waals surface area contributed by atoms with Crippen LogP contribution in [0.25, 0.3) is 0 Å². The van der Waals surface area contributed by atoms with Gasteiger partial charge in [0, 0.05) is 6.20 Å². The van der Waals surface area contributed by atoms with Crippen LogP contribution in [0.15, 0.2) is 18.3 Å². The minimum absolute atomic E-state index is 0.578. The molecule has 0 aliphatic carbocycles. The first-order valence-electron chi connectivity index (χ1n) is 3.42. The first-order valence-corrected chi connectivity index (χ1v) is 3.42. The summed E-state index contributed by atoms with van der Waals surface area (Å²) in [6, 6.07) is 3.54. The molecule has 1 atom stereocenters. The van der Waals surface area contributed by atoms with Crippen molar-refractivity contribution in [2.75, 3.05) is 7.11 Å². The molecule has 1 aromatic heterocycles. The molecule has 1 heterocycles. The number of aromatic nitrogens is 1. The van der Waals surface area contributed by atoms with Gasteiger partial charge in [-0.1, -0.05) is 0 Å². The number of rotatable bonds is 2. The molecule has 1 aromatic rings. The van der Waals surface area contributed by atoms with Crippen molar-refractivity contribution in [1.82, 2.24) is 4.98 Å². The van der Waals surface area contributed by atoms with Crippen molar-refractivity contribution in [3.63, 3.8) is 0 Å². The monoisotopic (exact) mass is 153 g/mol. The van der Waals surface area contributed by atoms with E-state index in [-0.39, 0.29) is 0 Å². The fourth-order valence-electron chi connectivity index (χ4n) is 0.889. The van der Waals surface area contributed by atoms with Gasteiger partial charge in [-0.15, -0.1) is 0 Å². The Morgan fingerprint density at radius 1 is 1.64 bits per heavy atom. The first-order chi connectivity index (χ1) is 5.25. The molecule has 0 aromatic carbocycles. The summed E-state index contributed by atoms with van der Waals surface area (Å²) in [5.74, 6) is 0.627. The molecular weight excluding hydrogens is 142 g/mol. The minimum atomic E-state index is -0.578. The predicted octanol–water partition coefficient (Wildman–Crippen LogP) is 1.14. The zero-order valence-corrected chi connectivity index (χ0v) is 6.61. The van der Waals surface area contributed by atoms with Gasteiger partial charge < -0.3 is 9.84 Å². The van der Waals surface area contributed by atoms with Crippen LogP contribution in [0.3, 0.4) is 0 Å². The van der Waals surface area contributed by atoms with Crippen molar-refractivity contribution in [1.29, 1.82) is 0 Å². The third-order valence-corrected chi connectivity index (χ3v) is 1.42. The Morgan fingerprint density at radius 2 is 2.36 bits per heavy atom. The highest BCUT2D eigenvalue weighted by Crippen LogP contribution is 2.20. The number of nitrogens with zero attached hydrogens (tertiary/aromatic N) is 1. The molecule has 0 amide bonds. The molecule has 0 spiro atoms. The van der Waals surface area contributed by atoms with Crippen LogP contribution >= 0.6 is 0 Å². The quantitative estimate of drug-likeness (QED) is 0.692. The maximum atomic E-state index is 9.19. The standard InChI is InChI=1S/C8H11NO2/c1-6(10)8-7(11-2)4-3-5-9-8/h3-6,10H,1-2H3. The Morgan fingerprint density at radius 3 is 2.82 bits per heavy atom. The van der Waals surface area contributed by atoms with Crippen molar-refractivity contribution in [3.8, 4) is 5.75 Å². The molecule has 0 saturated carbocycles.